The molecule has 0 saturated carbocycles. The molecule has 0 radical (unpaired) electrons. The number of amides is 1. The first kappa shape index (κ1) is 19.1. The van der Waals surface area contributed by atoms with Crippen LogP contribution in [0.1, 0.15) is 15.9 Å². The molecule has 0 unspecified atom stereocenters. The topological polar surface area (TPSA) is 81.7 Å². The molecule has 2 aromatic carbocycles. The standard InChI is InChI=1S/C17H18ClNO5S/c1-23-15-9-14(16(24-2)8-13(15)18)19-17(20)12-6-4-5-11(7-12)10-25(3,21)22/h4-9H,10H2,1-3H3,(H,19,20). The highest BCUT2D eigenvalue weighted by Crippen LogP contribution is 2.36. The van der Waals surface area contributed by atoms with Gasteiger partial charge in [-0.05, 0) is 17.7 Å². The van der Waals surface area contributed by atoms with Crippen LogP contribution in [-0.4, -0.2) is 34.8 Å². The molecular formula is C17H18ClNO5S. The molecule has 0 bridgehead atoms. The van der Waals surface area contributed by atoms with Crippen LogP contribution in [0, 0.1) is 0 Å². The molecule has 0 aliphatic rings. The van der Waals surface area contributed by atoms with Gasteiger partial charge in [0, 0.05) is 24.0 Å². The lowest BCUT2D eigenvalue weighted by atomic mass is 10.1. The highest BCUT2D eigenvalue weighted by molar-refractivity contribution is 7.89. The number of rotatable bonds is 6. The molecule has 0 saturated heterocycles. The van der Waals surface area contributed by atoms with Crippen molar-refractivity contribution in [2.75, 3.05) is 25.8 Å². The van der Waals surface area contributed by atoms with Crippen molar-refractivity contribution in [1.82, 2.24) is 0 Å². The molecule has 2 aromatic rings. The molecule has 6 nitrogen and oxygen atoms in total. The quantitative estimate of drug-likeness (QED) is 0.828. The van der Waals surface area contributed by atoms with Gasteiger partial charge in [-0.1, -0.05) is 23.7 Å². The smallest absolute Gasteiger partial charge is 0.255 e. The van der Waals surface area contributed by atoms with Gasteiger partial charge >= 0.3 is 0 Å². The second-order valence-electron chi connectivity index (χ2n) is 5.41. The zero-order valence-electron chi connectivity index (χ0n) is 14.0. The molecule has 0 aromatic heterocycles. The van der Waals surface area contributed by atoms with Crippen LogP contribution in [0.5, 0.6) is 11.5 Å². The first-order valence-corrected chi connectivity index (χ1v) is 9.67. The van der Waals surface area contributed by atoms with Gasteiger partial charge < -0.3 is 14.8 Å². The van der Waals surface area contributed by atoms with E-state index in [1.807, 2.05) is 0 Å². The van der Waals surface area contributed by atoms with Crippen LogP contribution in [0.25, 0.3) is 0 Å². The minimum absolute atomic E-state index is 0.133. The number of sulfone groups is 1. The van der Waals surface area contributed by atoms with Crippen LogP contribution in [0.15, 0.2) is 36.4 Å². The average Bonchev–Trinajstić information content (AvgIpc) is 2.54. The second kappa shape index (κ2) is 7.76. The Bertz CT molecular complexity index is 896. The van der Waals surface area contributed by atoms with E-state index in [2.05, 4.69) is 5.32 Å². The van der Waals surface area contributed by atoms with E-state index in [1.54, 1.807) is 24.3 Å². The van der Waals surface area contributed by atoms with E-state index in [9.17, 15) is 13.2 Å². The summed E-state index contributed by atoms with van der Waals surface area (Å²) in [4.78, 5) is 12.5. The molecule has 0 aliphatic heterocycles. The van der Waals surface area contributed by atoms with Gasteiger partial charge in [-0.3, -0.25) is 4.79 Å². The van der Waals surface area contributed by atoms with Crippen LogP contribution in [0.3, 0.4) is 0 Å². The molecule has 0 spiro atoms. The highest BCUT2D eigenvalue weighted by Gasteiger charge is 2.14. The summed E-state index contributed by atoms with van der Waals surface area (Å²) in [7, 11) is -0.261. The number of carbonyl (C=O) groups is 1. The lowest BCUT2D eigenvalue weighted by Gasteiger charge is -2.13. The van der Waals surface area contributed by atoms with E-state index in [1.165, 1.54) is 26.4 Å². The first-order chi connectivity index (χ1) is 11.7. The Balaban J connectivity index is 2.29. The van der Waals surface area contributed by atoms with Gasteiger partial charge in [0.15, 0.2) is 9.84 Å². The Labute approximate surface area is 151 Å². The maximum absolute atomic E-state index is 12.5. The lowest BCUT2D eigenvalue weighted by Crippen LogP contribution is -2.13. The monoisotopic (exact) mass is 383 g/mol. The molecular weight excluding hydrogens is 366 g/mol. The van der Waals surface area contributed by atoms with Crippen LogP contribution >= 0.6 is 11.6 Å². The van der Waals surface area contributed by atoms with E-state index in [-0.39, 0.29) is 5.75 Å². The van der Waals surface area contributed by atoms with Gasteiger partial charge in [-0.15, -0.1) is 0 Å². The van der Waals surface area contributed by atoms with Gasteiger partial charge in [0.2, 0.25) is 0 Å². The van der Waals surface area contributed by atoms with Gasteiger partial charge in [-0.25, -0.2) is 8.42 Å². The molecule has 134 valence electrons. The fourth-order valence-electron chi connectivity index (χ4n) is 2.26. The van der Waals surface area contributed by atoms with Crippen molar-refractivity contribution < 1.29 is 22.7 Å². The summed E-state index contributed by atoms with van der Waals surface area (Å²) in [5.41, 5.74) is 1.26. The van der Waals surface area contributed by atoms with Crippen molar-refractivity contribution >= 4 is 33.0 Å². The number of hydrogen-bond donors (Lipinski definition) is 1. The minimum Gasteiger partial charge on any atom is -0.495 e. The van der Waals surface area contributed by atoms with Crippen molar-refractivity contribution in [3.05, 3.63) is 52.5 Å². The van der Waals surface area contributed by atoms with Crippen molar-refractivity contribution in [1.29, 1.82) is 0 Å². The molecule has 0 heterocycles. The number of benzene rings is 2. The normalized spacial score (nSPS) is 11.0. The van der Waals surface area contributed by atoms with Gasteiger partial charge in [0.25, 0.3) is 5.91 Å². The molecule has 0 atom stereocenters. The van der Waals surface area contributed by atoms with Crippen molar-refractivity contribution in [2.24, 2.45) is 0 Å². The Kier molecular flexibility index (Phi) is 5.92. The maximum Gasteiger partial charge on any atom is 0.255 e. The third kappa shape index (κ3) is 5.11. The van der Waals surface area contributed by atoms with E-state index in [0.717, 1.165) is 6.26 Å². The molecule has 1 amide bonds. The summed E-state index contributed by atoms with van der Waals surface area (Å²) in [5.74, 6) is 0.236. The lowest BCUT2D eigenvalue weighted by molar-refractivity contribution is 0.102. The number of anilines is 1. The fraction of sp³-hybridized carbons (Fsp3) is 0.235. The number of carbonyl (C=O) groups excluding carboxylic acids is 1. The number of halogens is 1. The zero-order valence-corrected chi connectivity index (χ0v) is 15.6. The van der Waals surface area contributed by atoms with E-state index < -0.39 is 15.7 Å². The van der Waals surface area contributed by atoms with Gasteiger partial charge in [0.1, 0.15) is 11.5 Å². The predicted octanol–water partition coefficient (Wildman–Crippen LogP) is 3.15. The summed E-state index contributed by atoms with van der Waals surface area (Å²) < 4.78 is 33.2. The largest absolute Gasteiger partial charge is 0.495 e. The van der Waals surface area contributed by atoms with Crippen molar-refractivity contribution in [3.8, 4) is 11.5 Å². The summed E-state index contributed by atoms with van der Waals surface area (Å²) in [6.45, 7) is 0. The number of methoxy groups -OCH3 is 2. The second-order valence-corrected chi connectivity index (χ2v) is 7.96. The first-order valence-electron chi connectivity index (χ1n) is 7.23. The number of hydrogen-bond acceptors (Lipinski definition) is 5. The summed E-state index contributed by atoms with van der Waals surface area (Å²) in [6.07, 6.45) is 1.14. The van der Waals surface area contributed by atoms with Crippen molar-refractivity contribution in [3.63, 3.8) is 0 Å². The SMILES string of the molecule is COc1cc(NC(=O)c2cccc(CS(C)(=O)=O)c2)c(OC)cc1Cl. The molecule has 1 N–H and O–H groups in total. The fourth-order valence-corrected chi connectivity index (χ4v) is 3.27. The molecule has 0 fully saturated rings. The van der Waals surface area contributed by atoms with Crippen LogP contribution in [-0.2, 0) is 15.6 Å². The molecule has 0 aliphatic carbocycles. The van der Waals surface area contributed by atoms with Gasteiger partial charge in [0.05, 0.1) is 30.7 Å². The molecule has 25 heavy (non-hydrogen) atoms. The predicted molar refractivity (Wildman–Crippen MR) is 97.5 cm³/mol. The van der Waals surface area contributed by atoms with Crippen molar-refractivity contribution in [2.45, 2.75) is 5.75 Å². The summed E-state index contributed by atoms with van der Waals surface area (Å²) in [6, 6.07) is 9.52. The summed E-state index contributed by atoms with van der Waals surface area (Å²) >= 11 is 6.04. The molecule has 2 rings (SSSR count). The van der Waals surface area contributed by atoms with E-state index >= 15 is 0 Å². The average molecular weight is 384 g/mol. The molecule has 8 heteroatoms. The Hall–Kier alpha value is -2.25. The van der Waals surface area contributed by atoms with Gasteiger partial charge in [-0.2, -0.15) is 0 Å². The Morgan fingerprint density at radius 2 is 1.80 bits per heavy atom. The van der Waals surface area contributed by atoms with Crippen LogP contribution in [0.4, 0.5) is 5.69 Å². The van der Waals surface area contributed by atoms with E-state index in [0.29, 0.717) is 33.3 Å². The number of ether oxygens (including phenoxy) is 2. The minimum atomic E-state index is -3.19. The van der Waals surface area contributed by atoms with E-state index in [4.69, 9.17) is 21.1 Å². The third-order valence-electron chi connectivity index (χ3n) is 3.34. The maximum atomic E-state index is 12.5. The Morgan fingerprint density at radius 3 is 2.40 bits per heavy atom. The third-order valence-corrected chi connectivity index (χ3v) is 4.49. The Morgan fingerprint density at radius 1 is 1.12 bits per heavy atom. The van der Waals surface area contributed by atoms with Crippen LogP contribution in [0.2, 0.25) is 5.02 Å². The number of nitrogens with one attached hydrogen (secondary N) is 1. The highest BCUT2D eigenvalue weighted by atomic mass is 35.5. The van der Waals surface area contributed by atoms with Crippen LogP contribution < -0.4 is 14.8 Å². The zero-order chi connectivity index (χ0) is 18.6. The summed E-state index contributed by atoms with van der Waals surface area (Å²) in [5, 5.41) is 3.07.